The van der Waals surface area contributed by atoms with Crippen molar-refractivity contribution in [3.63, 3.8) is 0 Å². The molecule has 0 aromatic heterocycles. The monoisotopic (exact) mass is 239 g/mol. The van der Waals surface area contributed by atoms with Crippen molar-refractivity contribution in [1.29, 1.82) is 0 Å². The van der Waals surface area contributed by atoms with E-state index >= 15 is 0 Å². The van der Waals surface area contributed by atoms with Crippen molar-refractivity contribution in [2.24, 2.45) is 0 Å². The second-order valence-corrected chi connectivity index (χ2v) is 4.16. The fourth-order valence-corrected chi connectivity index (χ4v) is 1.56. The summed E-state index contributed by atoms with van der Waals surface area (Å²) in [7, 11) is 0. The molecule has 1 saturated heterocycles. The number of rotatable bonds is 5. The smallest absolute Gasteiger partial charge is 0.331 e. The molecular weight excluding hydrogens is 226 g/mol. The van der Waals surface area contributed by atoms with E-state index in [4.69, 9.17) is 0 Å². The van der Waals surface area contributed by atoms with Crippen LogP contribution in [0.1, 0.15) is 25.7 Å². The number of nitrogens with one attached hydrogen (secondary N) is 2. The molecule has 7 nitrogen and oxygen atoms in total. The van der Waals surface area contributed by atoms with E-state index in [1.54, 1.807) is 0 Å². The van der Waals surface area contributed by atoms with Gasteiger partial charge in [0.2, 0.25) is 5.91 Å². The minimum Gasteiger partial charge on any atom is -0.353 e. The van der Waals surface area contributed by atoms with Gasteiger partial charge in [0.1, 0.15) is 0 Å². The van der Waals surface area contributed by atoms with E-state index in [9.17, 15) is 19.2 Å². The summed E-state index contributed by atoms with van der Waals surface area (Å²) in [5, 5.41) is 4.70. The van der Waals surface area contributed by atoms with Crippen LogP contribution >= 0.6 is 0 Å². The van der Waals surface area contributed by atoms with Gasteiger partial charge in [0, 0.05) is 19.0 Å². The Bertz CT molecular complexity index is 389. The number of imide groups is 2. The van der Waals surface area contributed by atoms with Gasteiger partial charge in [0.15, 0.2) is 0 Å². The molecule has 2 aliphatic rings. The Hall–Kier alpha value is -1.92. The Balaban J connectivity index is 1.70. The Kier molecular flexibility index (Phi) is 3.08. The molecule has 1 aliphatic heterocycles. The van der Waals surface area contributed by atoms with E-state index in [0.717, 1.165) is 17.7 Å². The maximum atomic E-state index is 11.3. The third-order valence-electron chi connectivity index (χ3n) is 2.63. The van der Waals surface area contributed by atoms with Crippen LogP contribution in [0.2, 0.25) is 0 Å². The zero-order valence-corrected chi connectivity index (χ0v) is 9.19. The predicted molar refractivity (Wildman–Crippen MR) is 55.7 cm³/mol. The highest BCUT2D eigenvalue weighted by molar-refractivity contribution is 6.44. The lowest BCUT2D eigenvalue weighted by Gasteiger charge is -2.10. The first kappa shape index (κ1) is 11.6. The van der Waals surface area contributed by atoms with Crippen LogP contribution in [-0.2, 0) is 14.4 Å². The SMILES string of the molecule is O=C(CCCN1C(=O)NC(=O)C1=O)NC1CC1. The summed E-state index contributed by atoms with van der Waals surface area (Å²) < 4.78 is 0. The standard InChI is InChI=1S/C10H13N3O4/c14-7(11-6-3-4-6)2-1-5-13-9(16)8(15)12-10(13)17/h6H,1-5H2,(H,11,14)(H,12,15,17). The quantitative estimate of drug-likeness (QED) is 0.481. The van der Waals surface area contributed by atoms with E-state index in [1.165, 1.54) is 0 Å². The number of hydrogen-bond donors (Lipinski definition) is 2. The predicted octanol–water partition coefficient (Wildman–Crippen LogP) is -0.876. The maximum Gasteiger partial charge on any atom is 0.331 e. The molecule has 5 amide bonds. The fourth-order valence-electron chi connectivity index (χ4n) is 1.56. The van der Waals surface area contributed by atoms with Gasteiger partial charge in [-0.1, -0.05) is 0 Å². The van der Waals surface area contributed by atoms with Crippen LogP contribution in [-0.4, -0.2) is 41.2 Å². The van der Waals surface area contributed by atoms with Crippen LogP contribution in [0.3, 0.4) is 0 Å². The van der Waals surface area contributed by atoms with Crippen LogP contribution in [0.15, 0.2) is 0 Å². The molecule has 2 N–H and O–H groups in total. The summed E-state index contributed by atoms with van der Waals surface area (Å²) in [6.45, 7) is 0.0918. The van der Waals surface area contributed by atoms with Crippen LogP contribution in [0.25, 0.3) is 0 Å². The molecule has 1 aliphatic carbocycles. The summed E-state index contributed by atoms with van der Waals surface area (Å²) in [6.07, 6.45) is 2.66. The zero-order chi connectivity index (χ0) is 12.4. The number of hydrogen-bond acceptors (Lipinski definition) is 4. The first-order valence-corrected chi connectivity index (χ1v) is 5.54. The topological polar surface area (TPSA) is 95.6 Å². The van der Waals surface area contributed by atoms with Gasteiger partial charge in [-0.15, -0.1) is 0 Å². The van der Waals surface area contributed by atoms with Gasteiger partial charge in [0.05, 0.1) is 0 Å². The van der Waals surface area contributed by atoms with Gasteiger partial charge in [-0.2, -0.15) is 0 Å². The van der Waals surface area contributed by atoms with E-state index < -0.39 is 17.8 Å². The average molecular weight is 239 g/mol. The van der Waals surface area contributed by atoms with E-state index in [1.807, 2.05) is 5.32 Å². The summed E-state index contributed by atoms with van der Waals surface area (Å²) in [5.41, 5.74) is 0. The molecule has 0 radical (unpaired) electrons. The van der Waals surface area contributed by atoms with Crippen LogP contribution in [0, 0.1) is 0 Å². The minimum atomic E-state index is -0.905. The molecule has 2 rings (SSSR count). The second kappa shape index (κ2) is 4.52. The molecule has 0 bridgehead atoms. The Morgan fingerprint density at radius 2 is 2.06 bits per heavy atom. The van der Waals surface area contributed by atoms with Crippen molar-refractivity contribution in [3.8, 4) is 0 Å². The highest BCUT2D eigenvalue weighted by Crippen LogP contribution is 2.18. The van der Waals surface area contributed by atoms with E-state index in [2.05, 4.69) is 5.32 Å². The Morgan fingerprint density at radius 3 is 2.59 bits per heavy atom. The maximum absolute atomic E-state index is 11.3. The first-order valence-electron chi connectivity index (χ1n) is 5.54. The van der Waals surface area contributed by atoms with E-state index in [0.29, 0.717) is 12.5 Å². The van der Waals surface area contributed by atoms with Crippen molar-refractivity contribution in [1.82, 2.24) is 15.5 Å². The van der Waals surface area contributed by atoms with Crippen LogP contribution < -0.4 is 10.6 Å². The van der Waals surface area contributed by atoms with Crippen molar-refractivity contribution in [3.05, 3.63) is 0 Å². The van der Waals surface area contributed by atoms with Crippen LogP contribution in [0.5, 0.6) is 0 Å². The molecular formula is C10H13N3O4. The Labute approximate surface area is 97.5 Å². The normalized spacial score (nSPS) is 19.5. The summed E-state index contributed by atoms with van der Waals surface area (Å²) in [4.78, 5) is 45.3. The third-order valence-corrected chi connectivity index (χ3v) is 2.63. The molecule has 1 heterocycles. The number of nitrogens with zero attached hydrogens (tertiary/aromatic N) is 1. The number of amides is 5. The number of urea groups is 1. The molecule has 0 unspecified atom stereocenters. The number of carbonyl (C=O) groups excluding carboxylic acids is 4. The molecule has 0 aromatic carbocycles. The molecule has 7 heteroatoms. The molecule has 0 aromatic rings. The fraction of sp³-hybridized carbons (Fsp3) is 0.600. The van der Waals surface area contributed by atoms with Gasteiger partial charge >= 0.3 is 17.8 Å². The van der Waals surface area contributed by atoms with E-state index in [-0.39, 0.29) is 18.9 Å². The molecule has 0 atom stereocenters. The third kappa shape index (κ3) is 2.80. The Morgan fingerprint density at radius 1 is 1.35 bits per heavy atom. The molecule has 0 spiro atoms. The lowest BCUT2D eigenvalue weighted by molar-refractivity contribution is -0.140. The summed E-state index contributed by atoms with van der Waals surface area (Å²) >= 11 is 0. The number of carbonyl (C=O) groups is 4. The van der Waals surface area contributed by atoms with Crippen molar-refractivity contribution in [2.45, 2.75) is 31.7 Å². The molecule has 1 saturated carbocycles. The van der Waals surface area contributed by atoms with Crippen LogP contribution in [0.4, 0.5) is 4.79 Å². The lowest BCUT2D eigenvalue weighted by atomic mass is 10.3. The van der Waals surface area contributed by atoms with Gasteiger partial charge in [-0.25, -0.2) is 4.79 Å². The van der Waals surface area contributed by atoms with Crippen molar-refractivity contribution >= 4 is 23.8 Å². The van der Waals surface area contributed by atoms with Crippen molar-refractivity contribution in [2.75, 3.05) is 6.54 Å². The zero-order valence-electron chi connectivity index (χ0n) is 9.19. The molecule has 92 valence electrons. The summed E-state index contributed by atoms with van der Waals surface area (Å²) in [5.74, 6) is -1.83. The largest absolute Gasteiger partial charge is 0.353 e. The highest BCUT2D eigenvalue weighted by Gasteiger charge is 2.36. The molecule has 2 fully saturated rings. The van der Waals surface area contributed by atoms with Gasteiger partial charge in [0.25, 0.3) is 0 Å². The average Bonchev–Trinajstić information content (AvgIpc) is 3.02. The lowest BCUT2D eigenvalue weighted by Crippen LogP contribution is -2.33. The highest BCUT2D eigenvalue weighted by atomic mass is 16.2. The first-order chi connectivity index (χ1) is 8.08. The van der Waals surface area contributed by atoms with Gasteiger partial charge in [-0.05, 0) is 19.3 Å². The molecule has 17 heavy (non-hydrogen) atoms. The summed E-state index contributed by atoms with van der Waals surface area (Å²) in [6, 6.07) is -0.400. The second-order valence-electron chi connectivity index (χ2n) is 4.16. The van der Waals surface area contributed by atoms with Gasteiger partial charge < -0.3 is 5.32 Å². The van der Waals surface area contributed by atoms with Crippen molar-refractivity contribution < 1.29 is 19.2 Å². The minimum absolute atomic E-state index is 0.0779. The van der Waals surface area contributed by atoms with Gasteiger partial charge in [-0.3, -0.25) is 24.6 Å².